The molecular weight excluding hydrogens is 296 g/mol. The van der Waals surface area contributed by atoms with E-state index in [1.165, 1.54) is 18.2 Å². The summed E-state index contributed by atoms with van der Waals surface area (Å²) in [6, 6.07) is 5.09. The lowest BCUT2D eigenvalue weighted by molar-refractivity contribution is -0.121. The van der Waals surface area contributed by atoms with Gasteiger partial charge >= 0.3 is 5.97 Å². The van der Waals surface area contributed by atoms with Gasteiger partial charge in [-0.2, -0.15) is 0 Å². The van der Waals surface area contributed by atoms with Gasteiger partial charge in [0, 0.05) is 5.56 Å². The fourth-order valence-electron chi connectivity index (χ4n) is 1.91. The fraction of sp³-hybridized carbons (Fsp3) is 0.357. The lowest BCUT2D eigenvalue weighted by Gasteiger charge is -2.25. The van der Waals surface area contributed by atoms with Gasteiger partial charge in [0.05, 0.1) is 18.3 Å². The third-order valence-electron chi connectivity index (χ3n) is 3.17. The Bertz CT molecular complexity index is 556. The summed E-state index contributed by atoms with van der Waals surface area (Å²) in [7, 11) is 0. The molecule has 4 atom stereocenters. The molecule has 0 amide bonds. The number of carbonyl (C=O) groups is 3. The number of aldehydes is 1. The summed E-state index contributed by atoms with van der Waals surface area (Å²) in [6.07, 6.45) is -5.63. The quantitative estimate of drug-likeness (QED) is 0.220. The van der Waals surface area contributed by atoms with Crippen LogP contribution in [0.1, 0.15) is 20.7 Å². The molecule has 0 saturated heterocycles. The van der Waals surface area contributed by atoms with Gasteiger partial charge in [-0.15, -0.1) is 0 Å². The molecule has 8 heteroatoms. The van der Waals surface area contributed by atoms with E-state index in [2.05, 4.69) is 0 Å². The summed E-state index contributed by atoms with van der Waals surface area (Å²) < 4.78 is 0. The van der Waals surface area contributed by atoms with Crippen LogP contribution in [0.5, 0.6) is 0 Å². The Morgan fingerprint density at radius 3 is 2.05 bits per heavy atom. The summed E-state index contributed by atoms with van der Waals surface area (Å²) in [6.45, 7) is -0.885. The number of aromatic carboxylic acids is 1. The van der Waals surface area contributed by atoms with Crippen molar-refractivity contribution in [3.8, 4) is 0 Å². The maximum Gasteiger partial charge on any atom is 0.336 e. The molecule has 0 aliphatic rings. The molecule has 0 radical (unpaired) electrons. The zero-order chi connectivity index (χ0) is 16.9. The molecule has 0 aliphatic heterocycles. The zero-order valence-corrected chi connectivity index (χ0v) is 11.4. The molecule has 4 unspecified atom stereocenters. The number of carboxylic acid groups (broad SMARTS) is 1. The molecule has 1 aromatic rings. The van der Waals surface area contributed by atoms with Gasteiger partial charge in [0.1, 0.15) is 24.4 Å². The van der Waals surface area contributed by atoms with Gasteiger partial charge < -0.3 is 30.3 Å². The normalized spacial score (nSPS) is 16.4. The minimum absolute atomic E-state index is 0.0545. The van der Waals surface area contributed by atoms with Gasteiger partial charge in [-0.25, -0.2) is 4.79 Å². The molecule has 0 saturated carbocycles. The smallest absolute Gasteiger partial charge is 0.336 e. The fourth-order valence-corrected chi connectivity index (χ4v) is 1.91. The molecule has 0 heterocycles. The number of benzene rings is 1. The second-order valence-corrected chi connectivity index (χ2v) is 4.61. The first-order chi connectivity index (χ1) is 10.3. The van der Waals surface area contributed by atoms with Crippen molar-refractivity contribution in [1.82, 2.24) is 0 Å². The molecule has 0 spiro atoms. The third-order valence-corrected chi connectivity index (χ3v) is 3.17. The standard InChI is InChI=1S/C14H16O8/c15-5-9(12(19)13(20)10(17)6-16)11(18)7-3-1-2-4-8(7)14(21)22/h1-5,9-10,12-13,16-17,19-20H,6H2,(H,21,22). The number of Topliss-reactive ketones (excluding diaryl/α,β-unsaturated/α-hetero) is 1. The molecule has 0 bridgehead atoms. The number of hydrogen-bond acceptors (Lipinski definition) is 7. The molecule has 0 aliphatic carbocycles. The number of rotatable bonds is 8. The van der Waals surface area contributed by atoms with E-state index < -0.39 is 42.6 Å². The zero-order valence-electron chi connectivity index (χ0n) is 11.4. The molecule has 120 valence electrons. The van der Waals surface area contributed by atoms with Crippen molar-refractivity contribution in [2.24, 2.45) is 5.92 Å². The van der Waals surface area contributed by atoms with E-state index in [0.29, 0.717) is 0 Å². The summed E-state index contributed by atoms with van der Waals surface area (Å²) >= 11 is 0. The van der Waals surface area contributed by atoms with Crippen molar-refractivity contribution in [2.75, 3.05) is 6.61 Å². The highest BCUT2D eigenvalue weighted by Crippen LogP contribution is 2.18. The highest BCUT2D eigenvalue weighted by molar-refractivity contribution is 6.11. The van der Waals surface area contributed by atoms with Crippen molar-refractivity contribution in [1.29, 1.82) is 0 Å². The van der Waals surface area contributed by atoms with Gasteiger partial charge in [0.25, 0.3) is 0 Å². The predicted octanol–water partition coefficient (Wildman–Crippen LogP) is -1.54. The first kappa shape index (κ1) is 17.9. The maximum atomic E-state index is 12.2. The van der Waals surface area contributed by atoms with Gasteiger partial charge in [0.2, 0.25) is 0 Å². The number of carboxylic acids is 1. The second kappa shape index (κ2) is 7.76. The number of aliphatic hydroxyl groups is 4. The van der Waals surface area contributed by atoms with Gasteiger partial charge in [0.15, 0.2) is 5.78 Å². The summed E-state index contributed by atoms with van der Waals surface area (Å²) in [5, 5.41) is 46.4. The number of carbonyl (C=O) groups excluding carboxylic acids is 2. The van der Waals surface area contributed by atoms with Crippen LogP contribution in [0.15, 0.2) is 24.3 Å². The van der Waals surface area contributed by atoms with Gasteiger partial charge in [-0.1, -0.05) is 18.2 Å². The highest BCUT2D eigenvalue weighted by Gasteiger charge is 2.36. The Morgan fingerprint density at radius 2 is 1.59 bits per heavy atom. The Hall–Kier alpha value is -2.13. The van der Waals surface area contributed by atoms with Crippen LogP contribution in [0.3, 0.4) is 0 Å². The van der Waals surface area contributed by atoms with Crippen LogP contribution in [-0.2, 0) is 4.79 Å². The topological polar surface area (TPSA) is 152 Å². The lowest BCUT2D eigenvalue weighted by atomic mass is 9.87. The molecule has 0 aromatic heterocycles. The van der Waals surface area contributed by atoms with E-state index in [4.69, 9.17) is 10.2 Å². The van der Waals surface area contributed by atoms with Gasteiger partial charge in [-0.3, -0.25) is 4.79 Å². The second-order valence-electron chi connectivity index (χ2n) is 4.61. The van der Waals surface area contributed by atoms with E-state index in [9.17, 15) is 29.7 Å². The van der Waals surface area contributed by atoms with Crippen LogP contribution in [-0.4, -0.2) is 68.5 Å². The Balaban J connectivity index is 3.13. The van der Waals surface area contributed by atoms with E-state index in [-0.39, 0.29) is 17.4 Å². The average Bonchev–Trinajstić information content (AvgIpc) is 2.53. The molecule has 0 fully saturated rings. The highest BCUT2D eigenvalue weighted by atomic mass is 16.4. The SMILES string of the molecule is O=CC(C(=O)c1ccccc1C(=O)O)C(O)C(O)C(O)CO. The van der Waals surface area contributed by atoms with Crippen LogP contribution in [0.25, 0.3) is 0 Å². The van der Waals surface area contributed by atoms with Crippen molar-refractivity contribution < 1.29 is 39.9 Å². The summed E-state index contributed by atoms with van der Waals surface area (Å²) in [5.41, 5.74) is -0.666. The first-order valence-corrected chi connectivity index (χ1v) is 6.32. The molecule has 8 nitrogen and oxygen atoms in total. The van der Waals surface area contributed by atoms with Crippen LogP contribution in [0.4, 0.5) is 0 Å². The summed E-state index contributed by atoms with van der Waals surface area (Å²) in [4.78, 5) is 34.4. The van der Waals surface area contributed by atoms with E-state index in [0.717, 1.165) is 6.07 Å². The third kappa shape index (κ3) is 3.74. The number of ketones is 1. The minimum atomic E-state index is -1.99. The van der Waals surface area contributed by atoms with E-state index >= 15 is 0 Å². The van der Waals surface area contributed by atoms with Crippen molar-refractivity contribution in [3.63, 3.8) is 0 Å². The number of hydrogen-bond donors (Lipinski definition) is 5. The maximum absolute atomic E-state index is 12.2. The predicted molar refractivity (Wildman–Crippen MR) is 72.4 cm³/mol. The lowest BCUT2D eigenvalue weighted by Crippen LogP contribution is -2.46. The van der Waals surface area contributed by atoms with Crippen molar-refractivity contribution in [2.45, 2.75) is 18.3 Å². The molecular formula is C14H16O8. The number of aliphatic hydroxyl groups excluding tert-OH is 4. The molecule has 22 heavy (non-hydrogen) atoms. The van der Waals surface area contributed by atoms with Crippen LogP contribution in [0.2, 0.25) is 0 Å². The average molecular weight is 312 g/mol. The molecule has 1 rings (SSSR count). The monoisotopic (exact) mass is 312 g/mol. The van der Waals surface area contributed by atoms with Crippen molar-refractivity contribution in [3.05, 3.63) is 35.4 Å². The Labute approximate surface area is 125 Å². The van der Waals surface area contributed by atoms with Crippen molar-refractivity contribution >= 4 is 18.0 Å². The Morgan fingerprint density at radius 1 is 1.05 bits per heavy atom. The van der Waals surface area contributed by atoms with E-state index in [1.807, 2.05) is 0 Å². The first-order valence-electron chi connectivity index (χ1n) is 6.32. The molecule has 5 N–H and O–H groups in total. The minimum Gasteiger partial charge on any atom is -0.478 e. The summed E-state index contributed by atoms with van der Waals surface area (Å²) in [5.74, 6) is -4.18. The van der Waals surface area contributed by atoms with Gasteiger partial charge in [-0.05, 0) is 6.07 Å². The molecule has 1 aromatic carbocycles. The van der Waals surface area contributed by atoms with E-state index in [1.54, 1.807) is 0 Å². The Kier molecular flexibility index (Phi) is 6.32. The van der Waals surface area contributed by atoms with Crippen LogP contribution >= 0.6 is 0 Å². The largest absolute Gasteiger partial charge is 0.478 e. The van der Waals surface area contributed by atoms with Crippen LogP contribution in [0, 0.1) is 5.92 Å². The van der Waals surface area contributed by atoms with Crippen LogP contribution < -0.4 is 0 Å².